The molecule has 1 N–H and O–H groups in total. The molecule has 1 heterocycles. The van der Waals surface area contributed by atoms with E-state index in [9.17, 15) is 0 Å². The number of hydrogen-bond donors (Lipinski definition) is 1. The molecule has 0 aliphatic carbocycles. The van der Waals surface area contributed by atoms with E-state index in [1.54, 1.807) is 0 Å². The van der Waals surface area contributed by atoms with Gasteiger partial charge in [-0.15, -0.1) is 0 Å². The van der Waals surface area contributed by atoms with E-state index < -0.39 is 0 Å². The van der Waals surface area contributed by atoms with Crippen LogP contribution in [0.1, 0.15) is 37.3 Å². The molecule has 0 radical (unpaired) electrons. The minimum absolute atomic E-state index is 0.695. The highest BCUT2D eigenvalue weighted by Gasteiger charge is 2.13. The summed E-state index contributed by atoms with van der Waals surface area (Å²) in [5.74, 6) is 0. The van der Waals surface area contributed by atoms with Crippen LogP contribution in [0.4, 0.5) is 0 Å². The van der Waals surface area contributed by atoms with Crippen LogP contribution in [-0.2, 0) is 13.0 Å². The first-order valence-electron chi connectivity index (χ1n) is 7.27. The number of likely N-dealkylation sites (tertiary alicyclic amines) is 1. The SMILES string of the molecule is CCc1ccc(CNC2CCCN(C)CC2)cc1. The van der Waals surface area contributed by atoms with E-state index in [0.717, 1.165) is 13.0 Å². The number of benzene rings is 1. The van der Waals surface area contributed by atoms with Crippen molar-refractivity contribution in [3.8, 4) is 0 Å². The highest BCUT2D eigenvalue weighted by atomic mass is 15.1. The maximum atomic E-state index is 3.71. The molecule has 0 amide bonds. The topological polar surface area (TPSA) is 15.3 Å². The summed E-state index contributed by atoms with van der Waals surface area (Å²) in [4.78, 5) is 2.44. The lowest BCUT2D eigenvalue weighted by Crippen LogP contribution is -2.29. The van der Waals surface area contributed by atoms with Crippen LogP contribution in [0.15, 0.2) is 24.3 Å². The summed E-state index contributed by atoms with van der Waals surface area (Å²) in [6, 6.07) is 9.71. The third-order valence-corrected chi connectivity index (χ3v) is 3.98. The Hall–Kier alpha value is -0.860. The fourth-order valence-electron chi connectivity index (χ4n) is 2.60. The van der Waals surface area contributed by atoms with Gasteiger partial charge < -0.3 is 10.2 Å². The monoisotopic (exact) mass is 246 g/mol. The highest BCUT2D eigenvalue weighted by molar-refractivity contribution is 5.22. The standard InChI is InChI=1S/C16H26N2/c1-3-14-6-8-15(9-7-14)13-17-16-5-4-11-18(2)12-10-16/h6-9,16-17H,3-5,10-13H2,1-2H3. The van der Waals surface area contributed by atoms with Gasteiger partial charge in [-0.25, -0.2) is 0 Å². The summed E-state index contributed by atoms with van der Waals surface area (Å²) in [5, 5.41) is 3.71. The predicted octanol–water partition coefficient (Wildman–Crippen LogP) is 2.82. The summed E-state index contributed by atoms with van der Waals surface area (Å²) in [5.41, 5.74) is 2.83. The highest BCUT2D eigenvalue weighted by Crippen LogP contribution is 2.11. The fraction of sp³-hybridized carbons (Fsp3) is 0.625. The second kappa shape index (κ2) is 6.91. The molecule has 1 atom stereocenters. The predicted molar refractivity (Wildman–Crippen MR) is 77.8 cm³/mol. The van der Waals surface area contributed by atoms with Crippen molar-refractivity contribution in [1.82, 2.24) is 10.2 Å². The lowest BCUT2D eigenvalue weighted by Gasteiger charge is -2.17. The van der Waals surface area contributed by atoms with E-state index in [4.69, 9.17) is 0 Å². The molecular formula is C16H26N2. The summed E-state index contributed by atoms with van der Waals surface area (Å²) in [6.45, 7) is 5.70. The van der Waals surface area contributed by atoms with Gasteiger partial charge in [0.1, 0.15) is 0 Å². The maximum absolute atomic E-state index is 3.71. The lowest BCUT2D eigenvalue weighted by atomic mass is 10.1. The van der Waals surface area contributed by atoms with Gasteiger partial charge in [0, 0.05) is 12.6 Å². The molecular weight excluding hydrogens is 220 g/mol. The first-order valence-corrected chi connectivity index (χ1v) is 7.27. The Kier molecular flexibility index (Phi) is 5.21. The second-order valence-electron chi connectivity index (χ2n) is 5.48. The molecule has 18 heavy (non-hydrogen) atoms. The van der Waals surface area contributed by atoms with Crippen LogP contribution in [0, 0.1) is 0 Å². The summed E-state index contributed by atoms with van der Waals surface area (Å²) in [7, 11) is 2.23. The van der Waals surface area contributed by atoms with Crippen molar-refractivity contribution in [2.45, 2.75) is 45.2 Å². The molecule has 1 unspecified atom stereocenters. The zero-order valence-corrected chi connectivity index (χ0v) is 11.8. The molecule has 0 bridgehead atoms. The van der Waals surface area contributed by atoms with Crippen LogP contribution in [-0.4, -0.2) is 31.1 Å². The van der Waals surface area contributed by atoms with Crippen molar-refractivity contribution < 1.29 is 0 Å². The molecule has 2 nitrogen and oxygen atoms in total. The van der Waals surface area contributed by atoms with Crippen LogP contribution in [0.3, 0.4) is 0 Å². The van der Waals surface area contributed by atoms with Gasteiger partial charge in [0.15, 0.2) is 0 Å². The minimum Gasteiger partial charge on any atom is -0.310 e. The minimum atomic E-state index is 0.695. The van der Waals surface area contributed by atoms with Crippen LogP contribution in [0.5, 0.6) is 0 Å². The molecule has 1 aromatic carbocycles. The van der Waals surface area contributed by atoms with Crippen LogP contribution >= 0.6 is 0 Å². The Morgan fingerprint density at radius 1 is 1.11 bits per heavy atom. The Labute approximate surface area is 111 Å². The summed E-state index contributed by atoms with van der Waals surface area (Å²) >= 11 is 0. The number of nitrogens with zero attached hydrogens (tertiary/aromatic N) is 1. The zero-order valence-electron chi connectivity index (χ0n) is 11.8. The van der Waals surface area contributed by atoms with Gasteiger partial charge in [-0.3, -0.25) is 0 Å². The Morgan fingerprint density at radius 2 is 1.83 bits per heavy atom. The van der Waals surface area contributed by atoms with E-state index in [-0.39, 0.29) is 0 Å². The van der Waals surface area contributed by atoms with Crippen molar-refractivity contribution in [3.05, 3.63) is 35.4 Å². The van der Waals surface area contributed by atoms with Gasteiger partial charge in [-0.1, -0.05) is 31.2 Å². The average Bonchev–Trinajstić information content (AvgIpc) is 2.62. The maximum Gasteiger partial charge on any atom is 0.0208 e. The number of hydrogen-bond acceptors (Lipinski definition) is 2. The zero-order chi connectivity index (χ0) is 12.8. The van der Waals surface area contributed by atoms with Crippen molar-refractivity contribution in [2.75, 3.05) is 20.1 Å². The summed E-state index contributed by atoms with van der Waals surface area (Å²) < 4.78 is 0. The average molecular weight is 246 g/mol. The Morgan fingerprint density at radius 3 is 2.56 bits per heavy atom. The fourth-order valence-corrected chi connectivity index (χ4v) is 2.60. The van der Waals surface area contributed by atoms with E-state index in [1.165, 1.54) is 43.5 Å². The molecule has 2 rings (SSSR count). The van der Waals surface area contributed by atoms with Crippen molar-refractivity contribution in [1.29, 1.82) is 0 Å². The number of aryl methyl sites for hydroxylation is 1. The molecule has 1 saturated heterocycles. The van der Waals surface area contributed by atoms with E-state index >= 15 is 0 Å². The summed E-state index contributed by atoms with van der Waals surface area (Å²) in [6.07, 6.45) is 5.05. The first kappa shape index (κ1) is 13.6. The van der Waals surface area contributed by atoms with Crippen molar-refractivity contribution >= 4 is 0 Å². The molecule has 0 saturated carbocycles. The largest absolute Gasteiger partial charge is 0.310 e. The third-order valence-electron chi connectivity index (χ3n) is 3.98. The van der Waals surface area contributed by atoms with E-state index in [0.29, 0.717) is 6.04 Å². The van der Waals surface area contributed by atoms with Crippen LogP contribution in [0.25, 0.3) is 0 Å². The van der Waals surface area contributed by atoms with Crippen LogP contribution in [0.2, 0.25) is 0 Å². The number of rotatable bonds is 4. The quantitative estimate of drug-likeness (QED) is 0.879. The lowest BCUT2D eigenvalue weighted by molar-refractivity contribution is 0.343. The molecule has 1 aromatic rings. The normalized spacial score (nSPS) is 21.8. The molecule has 0 spiro atoms. The van der Waals surface area contributed by atoms with Gasteiger partial charge in [0.25, 0.3) is 0 Å². The first-order chi connectivity index (χ1) is 8.78. The van der Waals surface area contributed by atoms with E-state index in [1.807, 2.05) is 0 Å². The van der Waals surface area contributed by atoms with Crippen LogP contribution < -0.4 is 5.32 Å². The molecule has 2 heteroatoms. The van der Waals surface area contributed by atoms with Crippen molar-refractivity contribution in [3.63, 3.8) is 0 Å². The molecule has 100 valence electrons. The van der Waals surface area contributed by atoms with Crippen molar-refractivity contribution in [2.24, 2.45) is 0 Å². The molecule has 0 aromatic heterocycles. The Bertz CT molecular complexity index is 345. The molecule has 1 aliphatic rings. The molecule has 1 fully saturated rings. The Balaban J connectivity index is 1.79. The van der Waals surface area contributed by atoms with Gasteiger partial charge >= 0.3 is 0 Å². The smallest absolute Gasteiger partial charge is 0.0208 e. The van der Waals surface area contributed by atoms with Gasteiger partial charge in [0.2, 0.25) is 0 Å². The van der Waals surface area contributed by atoms with Gasteiger partial charge in [0.05, 0.1) is 0 Å². The van der Waals surface area contributed by atoms with E-state index in [2.05, 4.69) is 48.5 Å². The van der Waals surface area contributed by atoms with Gasteiger partial charge in [-0.05, 0) is 56.9 Å². The third kappa shape index (κ3) is 4.11. The second-order valence-corrected chi connectivity index (χ2v) is 5.48. The molecule has 1 aliphatic heterocycles. The number of nitrogens with one attached hydrogen (secondary N) is 1. The van der Waals surface area contributed by atoms with Gasteiger partial charge in [-0.2, -0.15) is 0 Å².